The lowest BCUT2D eigenvalue weighted by molar-refractivity contribution is 0.143. The fourth-order valence-electron chi connectivity index (χ4n) is 2.48. The standard InChI is InChI=1S/C10H17NO2/c1-2-13-9(12)11-10-6-4-3-5-8(10)7-10/h8H,2-7H2,1H3,(H,11,12). The molecule has 0 spiro atoms. The minimum absolute atomic E-state index is 0.143. The maximum absolute atomic E-state index is 11.2. The summed E-state index contributed by atoms with van der Waals surface area (Å²) >= 11 is 0. The second-order valence-corrected chi connectivity index (χ2v) is 4.15. The summed E-state index contributed by atoms with van der Waals surface area (Å²) in [4.78, 5) is 11.2. The van der Waals surface area contributed by atoms with E-state index in [1.807, 2.05) is 6.92 Å². The summed E-state index contributed by atoms with van der Waals surface area (Å²) in [6, 6.07) is 0. The Morgan fingerprint density at radius 1 is 1.62 bits per heavy atom. The van der Waals surface area contributed by atoms with E-state index in [1.165, 1.54) is 25.7 Å². The Morgan fingerprint density at radius 2 is 2.46 bits per heavy atom. The lowest BCUT2D eigenvalue weighted by Gasteiger charge is -2.22. The topological polar surface area (TPSA) is 38.3 Å². The second-order valence-electron chi connectivity index (χ2n) is 4.15. The van der Waals surface area contributed by atoms with Crippen molar-refractivity contribution in [3.8, 4) is 0 Å². The van der Waals surface area contributed by atoms with Crippen LogP contribution in [0.2, 0.25) is 0 Å². The first-order valence-corrected chi connectivity index (χ1v) is 5.22. The van der Waals surface area contributed by atoms with Crippen LogP contribution in [-0.2, 0) is 4.74 Å². The molecule has 2 saturated carbocycles. The van der Waals surface area contributed by atoms with E-state index in [4.69, 9.17) is 4.74 Å². The van der Waals surface area contributed by atoms with Crippen LogP contribution >= 0.6 is 0 Å². The summed E-state index contributed by atoms with van der Waals surface area (Å²) in [5.41, 5.74) is 0.143. The second kappa shape index (κ2) is 3.20. The van der Waals surface area contributed by atoms with E-state index in [-0.39, 0.29) is 11.6 Å². The van der Waals surface area contributed by atoms with Crippen molar-refractivity contribution < 1.29 is 9.53 Å². The van der Waals surface area contributed by atoms with Crippen molar-refractivity contribution >= 4 is 6.09 Å². The van der Waals surface area contributed by atoms with Crippen LogP contribution in [0.15, 0.2) is 0 Å². The van der Waals surface area contributed by atoms with Gasteiger partial charge in [0.15, 0.2) is 0 Å². The van der Waals surface area contributed by atoms with Crippen molar-refractivity contribution in [2.75, 3.05) is 6.61 Å². The molecule has 0 radical (unpaired) electrons. The molecular formula is C10H17NO2. The molecule has 2 aliphatic carbocycles. The van der Waals surface area contributed by atoms with Crippen LogP contribution < -0.4 is 5.32 Å². The smallest absolute Gasteiger partial charge is 0.407 e. The van der Waals surface area contributed by atoms with Crippen LogP contribution in [0.4, 0.5) is 4.79 Å². The largest absolute Gasteiger partial charge is 0.450 e. The zero-order valence-corrected chi connectivity index (χ0v) is 8.14. The van der Waals surface area contributed by atoms with Crippen molar-refractivity contribution in [2.45, 2.75) is 44.6 Å². The molecule has 0 aromatic heterocycles. The summed E-state index contributed by atoms with van der Waals surface area (Å²) in [7, 11) is 0. The highest BCUT2D eigenvalue weighted by Gasteiger charge is 2.55. The Hall–Kier alpha value is -0.730. The van der Waals surface area contributed by atoms with Gasteiger partial charge in [-0.25, -0.2) is 4.79 Å². The highest BCUT2D eigenvalue weighted by Crippen LogP contribution is 2.53. The van der Waals surface area contributed by atoms with Gasteiger partial charge in [0, 0.05) is 5.54 Å². The van der Waals surface area contributed by atoms with Crippen molar-refractivity contribution in [3.05, 3.63) is 0 Å². The predicted octanol–water partition coefficient (Wildman–Crippen LogP) is 2.07. The first-order valence-electron chi connectivity index (χ1n) is 5.22. The van der Waals surface area contributed by atoms with Gasteiger partial charge in [-0.2, -0.15) is 0 Å². The monoisotopic (exact) mass is 183 g/mol. The number of carbonyl (C=O) groups is 1. The van der Waals surface area contributed by atoms with E-state index in [1.54, 1.807) is 0 Å². The Labute approximate surface area is 78.8 Å². The Balaban J connectivity index is 1.84. The average Bonchev–Trinajstić information content (AvgIpc) is 2.78. The van der Waals surface area contributed by atoms with Gasteiger partial charge in [0.2, 0.25) is 0 Å². The number of amides is 1. The number of fused-ring (bicyclic) bond motifs is 1. The number of nitrogens with one attached hydrogen (secondary N) is 1. The van der Waals surface area contributed by atoms with E-state index < -0.39 is 0 Å². The van der Waals surface area contributed by atoms with E-state index >= 15 is 0 Å². The molecule has 0 saturated heterocycles. The van der Waals surface area contributed by atoms with Crippen LogP contribution in [0.1, 0.15) is 39.0 Å². The molecule has 0 aromatic rings. The minimum Gasteiger partial charge on any atom is -0.450 e. The first kappa shape index (κ1) is 8.85. The van der Waals surface area contributed by atoms with Gasteiger partial charge in [0.1, 0.15) is 0 Å². The van der Waals surface area contributed by atoms with Crippen LogP contribution in [0.3, 0.4) is 0 Å². The Kier molecular flexibility index (Phi) is 2.18. The van der Waals surface area contributed by atoms with Gasteiger partial charge >= 0.3 is 6.09 Å². The lowest BCUT2D eigenvalue weighted by atomic mass is 9.95. The molecule has 3 heteroatoms. The van der Waals surface area contributed by atoms with Gasteiger partial charge in [0.05, 0.1) is 6.61 Å². The summed E-state index contributed by atoms with van der Waals surface area (Å²) < 4.78 is 4.89. The molecule has 0 aliphatic heterocycles. The van der Waals surface area contributed by atoms with Crippen LogP contribution in [0.25, 0.3) is 0 Å². The molecule has 2 rings (SSSR count). The molecule has 1 amide bonds. The fraction of sp³-hybridized carbons (Fsp3) is 0.900. The Morgan fingerprint density at radius 3 is 3.15 bits per heavy atom. The molecule has 2 atom stereocenters. The highest BCUT2D eigenvalue weighted by molar-refractivity contribution is 5.69. The van der Waals surface area contributed by atoms with Crippen LogP contribution in [-0.4, -0.2) is 18.2 Å². The van der Waals surface area contributed by atoms with Gasteiger partial charge in [-0.05, 0) is 32.1 Å². The normalized spacial score (nSPS) is 36.2. The number of rotatable bonds is 2. The number of hydrogen-bond donors (Lipinski definition) is 1. The van der Waals surface area contributed by atoms with Crippen LogP contribution in [0, 0.1) is 5.92 Å². The molecule has 3 nitrogen and oxygen atoms in total. The van der Waals surface area contributed by atoms with Crippen molar-refractivity contribution in [3.63, 3.8) is 0 Å². The van der Waals surface area contributed by atoms with Gasteiger partial charge in [-0.1, -0.05) is 12.8 Å². The quantitative estimate of drug-likeness (QED) is 0.711. The van der Waals surface area contributed by atoms with Crippen molar-refractivity contribution in [1.82, 2.24) is 5.32 Å². The maximum Gasteiger partial charge on any atom is 0.407 e. The van der Waals surface area contributed by atoms with Gasteiger partial charge in [0.25, 0.3) is 0 Å². The molecule has 0 heterocycles. The van der Waals surface area contributed by atoms with Crippen molar-refractivity contribution in [2.24, 2.45) is 5.92 Å². The molecule has 74 valence electrons. The third kappa shape index (κ3) is 1.64. The predicted molar refractivity (Wildman–Crippen MR) is 49.5 cm³/mol. The molecule has 13 heavy (non-hydrogen) atoms. The Bertz CT molecular complexity index is 217. The number of alkyl carbamates (subject to hydrolysis) is 1. The first-order chi connectivity index (χ1) is 6.27. The molecule has 0 bridgehead atoms. The minimum atomic E-state index is -0.230. The SMILES string of the molecule is CCOC(=O)NC12CCCCC1C2. The molecule has 2 fully saturated rings. The fourth-order valence-corrected chi connectivity index (χ4v) is 2.48. The van der Waals surface area contributed by atoms with E-state index in [2.05, 4.69) is 5.32 Å². The van der Waals surface area contributed by atoms with Gasteiger partial charge < -0.3 is 10.1 Å². The molecule has 2 unspecified atom stereocenters. The molecule has 2 aliphatic rings. The maximum atomic E-state index is 11.2. The number of carbonyl (C=O) groups excluding carboxylic acids is 1. The summed E-state index contributed by atoms with van der Waals surface area (Å²) in [6.45, 7) is 2.30. The number of hydrogen-bond acceptors (Lipinski definition) is 2. The van der Waals surface area contributed by atoms with E-state index in [0.29, 0.717) is 6.61 Å². The third-order valence-corrected chi connectivity index (χ3v) is 3.28. The molecule has 0 aromatic carbocycles. The summed E-state index contributed by atoms with van der Waals surface area (Å²) in [5.74, 6) is 0.741. The highest BCUT2D eigenvalue weighted by atomic mass is 16.5. The zero-order valence-electron chi connectivity index (χ0n) is 8.14. The van der Waals surface area contributed by atoms with E-state index in [0.717, 1.165) is 12.3 Å². The van der Waals surface area contributed by atoms with Gasteiger partial charge in [-0.3, -0.25) is 0 Å². The summed E-state index contributed by atoms with van der Waals surface area (Å²) in [6.07, 6.45) is 5.96. The van der Waals surface area contributed by atoms with Crippen molar-refractivity contribution in [1.29, 1.82) is 0 Å². The average molecular weight is 183 g/mol. The zero-order chi connectivity index (χ0) is 9.31. The lowest BCUT2D eigenvalue weighted by Crippen LogP contribution is -2.40. The molecular weight excluding hydrogens is 166 g/mol. The summed E-state index contributed by atoms with van der Waals surface area (Å²) in [5, 5.41) is 3.01. The van der Waals surface area contributed by atoms with E-state index in [9.17, 15) is 4.79 Å². The third-order valence-electron chi connectivity index (χ3n) is 3.28. The van der Waals surface area contributed by atoms with Crippen LogP contribution in [0.5, 0.6) is 0 Å². The number of ether oxygens (including phenoxy) is 1. The molecule has 1 N–H and O–H groups in total. The van der Waals surface area contributed by atoms with Gasteiger partial charge in [-0.15, -0.1) is 0 Å².